The van der Waals surface area contributed by atoms with Gasteiger partial charge in [-0.3, -0.25) is 15.0 Å². The lowest BCUT2D eigenvalue weighted by Gasteiger charge is -2.23. The van der Waals surface area contributed by atoms with Crippen LogP contribution in [0.1, 0.15) is 0 Å². The van der Waals surface area contributed by atoms with Gasteiger partial charge in [-0.1, -0.05) is 36.4 Å². The minimum absolute atomic E-state index is 0.101. The van der Waals surface area contributed by atoms with E-state index in [4.69, 9.17) is 4.74 Å². The van der Waals surface area contributed by atoms with E-state index in [-0.39, 0.29) is 30.6 Å². The van der Waals surface area contributed by atoms with Crippen LogP contribution in [0.15, 0.2) is 84.9 Å². The summed E-state index contributed by atoms with van der Waals surface area (Å²) in [6, 6.07) is 22.9. The minimum atomic E-state index is -0.731. The molecule has 0 saturated heterocycles. The fourth-order valence-electron chi connectivity index (χ4n) is 2.72. The number of ether oxygens (including phenoxy) is 1. The maximum Gasteiger partial charge on any atom is 0.412 e. The van der Waals surface area contributed by atoms with Crippen molar-refractivity contribution in [2.45, 2.75) is 0 Å². The molecule has 3 amide bonds. The van der Waals surface area contributed by atoms with E-state index in [1.165, 1.54) is 29.2 Å². The standard InChI is InChI=1S/C22H20N4O5/c27-21(24-17-7-3-1-4-8-17)25(18-9-5-2-6-10-18)16-15-23-22(28)31-20-13-11-19(12-14-20)26(29)30/h1-14H,15-16H2,(H,23,28)(H,24,27). The van der Waals surface area contributed by atoms with Gasteiger partial charge in [0.15, 0.2) is 0 Å². The number of para-hydroxylation sites is 2. The number of non-ortho nitro benzene ring substituents is 1. The highest BCUT2D eigenvalue weighted by atomic mass is 16.6. The largest absolute Gasteiger partial charge is 0.412 e. The van der Waals surface area contributed by atoms with Crippen LogP contribution in [0.2, 0.25) is 0 Å². The summed E-state index contributed by atoms with van der Waals surface area (Å²) >= 11 is 0. The number of benzene rings is 3. The van der Waals surface area contributed by atoms with Gasteiger partial charge in [0.25, 0.3) is 5.69 Å². The fraction of sp³-hybridized carbons (Fsp3) is 0.0909. The number of nitrogens with zero attached hydrogens (tertiary/aromatic N) is 2. The third-order valence-corrected chi connectivity index (χ3v) is 4.20. The second-order valence-electron chi connectivity index (χ2n) is 6.35. The highest BCUT2D eigenvalue weighted by Gasteiger charge is 2.16. The maximum absolute atomic E-state index is 12.8. The van der Waals surface area contributed by atoms with Crippen LogP contribution in [0.25, 0.3) is 0 Å². The SMILES string of the molecule is O=C(NCCN(C(=O)Nc1ccccc1)c1ccccc1)Oc1ccc([N+](=O)[O-])cc1. The van der Waals surface area contributed by atoms with E-state index in [9.17, 15) is 19.7 Å². The molecule has 0 spiro atoms. The molecule has 0 aliphatic rings. The molecule has 0 aliphatic heterocycles. The van der Waals surface area contributed by atoms with Crippen LogP contribution >= 0.6 is 0 Å². The molecule has 0 radical (unpaired) electrons. The van der Waals surface area contributed by atoms with E-state index < -0.39 is 11.0 Å². The number of carbonyl (C=O) groups is 2. The number of nitro benzene ring substituents is 1. The van der Waals surface area contributed by atoms with E-state index in [0.29, 0.717) is 11.4 Å². The molecule has 31 heavy (non-hydrogen) atoms. The lowest BCUT2D eigenvalue weighted by Crippen LogP contribution is -2.41. The van der Waals surface area contributed by atoms with E-state index in [1.807, 2.05) is 36.4 Å². The van der Waals surface area contributed by atoms with Crippen LogP contribution in [-0.4, -0.2) is 30.1 Å². The van der Waals surface area contributed by atoms with Gasteiger partial charge < -0.3 is 15.4 Å². The number of anilines is 2. The summed E-state index contributed by atoms with van der Waals surface area (Å²) in [5.41, 5.74) is 1.22. The number of nitrogens with one attached hydrogen (secondary N) is 2. The van der Waals surface area contributed by atoms with Gasteiger partial charge in [0.2, 0.25) is 0 Å². The van der Waals surface area contributed by atoms with Gasteiger partial charge in [0, 0.05) is 36.6 Å². The summed E-state index contributed by atoms with van der Waals surface area (Å²) < 4.78 is 5.10. The molecular weight excluding hydrogens is 400 g/mol. The maximum atomic E-state index is 12.8. The molecule has 9 heteroatoms. The summed E-state index contributed by atoms with van der Waals surface area (Å²) in [5, 5.41) is 16.1. The molecule has 3 aromatic carbocycles. The molecule has 158 valence electrons. The smallest absolute Gasteiger partial charge is 0.410 e. The summed E-state index contributed by atoms with van der Waals surface area (Å²) in [6.07, 6.45) is -0.731. The van der Waals surface area contributed by atoms with Gasteiger partial charge in [-0.25, -0.2) is 9.59 Å². The quantitative estimate of drug-likeness (QED) is 0.434. The van der Waals surface area contributed by atoms with Crippen molar-refractivity contribution in [2.75, 3.05) is 23.3 Å². The zero-order chi connectivity index (χ0) is 22.1. The summed E-state index contributed by atoms with van der Waals surface area (Å²) in [5.74, 6) is 0.171. The second kappa shape index (κ2) is 10.4. The van der Waals surface area contributed by atoms with Crippen LogP contribution in [0, 0.1) is 10.1 Å². The van der Waals surface area contributed by atoms with Gasteiger partial charge in [-0.05, 0) is 36.4 Å². The predicted octanol–water partition coefficient (Wildman–Crippen LogP) is 4.42. The Labute approximate surface area is 178 Å². The van der Waals surface area contributed by atoms with Crippen molar-refractivity contribution < 1.29 is 19.2 Å². The Balaban J connectivity index is 1.57. The van der Waals surface area contributed by atoms with E-state index in [1.54, 1.807) is 24.3 Å². The molecule has 0 aromatic heterocycles. The summed E-state index contributed by atoms with van der Waals surface area (Å²) in [7, 11) is 0. The Morgan fingerprint density at radius 2 is 1.52 bits per heavy atom. The van der Waals surface area contributed by atoms with E-state index in [2.05, 4.69) is 10.6 Å². The van der Waals surface area contributed by atoms with Gasteiger partial charge >= 0.3 is 12.1 Å². The molecule has 0 unspecified atom stereocenters. The van der Waals surface area contributed by atoms with Crippen LogP contribution in [0.3, 0.4) is 0 Å². The van der Waals surface area contributed by atoms with Gasteiger partial charge in [-0.2, -0.15) is 0 Å². The molecule has 0 aliphatic carbocycles. The van der Waals surface area contributed by atoms with Crippen LogP contribution in [0.4, 0.5) is 26.7 Å². The average molecular weight is 420 g/mol. The number of hydrogen-bond donors (Lipinski definition) is 2. The first-order valence-corrected chi connectivity index (χ1v) is 9.41. The third kappa shape index (κ3) is 6.29. The Hall–Kier alpha value is -4.40. The first kappa shape index (κ1) is 21.3. The van der Waals surface area contributed by atoms with Crippen LogP contribution < -0.4 is 20.3 Å². The number of rotatable bonds is 7. The van der Waals surface area contributed by atoms with Crippen LogP contribution in [-0.2, 0) is 0 Å². The van der Waals surface area contributed by atoms with E-state index in [0.717, 1.165) is 0 Å². The molecule has 3 rings (SSSR count). The van der Waals surface area contributed by atoms with Crippen molar-refractivity contribution in [3.8, 4) is 5.75 Å². The number of nitro groups is 1. The number of amides is 3. The van der Waals surface area contributed by atoms with Crippen molar-refractivity contribution in [3.63, 3.8) is 0 Å². The van der Waals surface area contributed by atoms with E-state index >= 15 is 0 Å². The number of hydrogen-bond acceptors (Lipinski definition) is 5. The zero-order valence-electron chi connectivity index (χ0n) is 16.4. The Bertz CT molecular complexity index is 1030. The van der Waals surface area contributed by atoms with Gasteiger partial charge in [-0.15, -0.1) is 0 Å². The molecule has 9 nitrogen and oxygen atoms in total. The Morgan fingerprint density at radius 1 is 0.903 bits per heavy atom. The average Bonchev–Trinajstić information content (AvgIpc) is 2.78. The first-order chi connectivity index (χ1) is 15.0. The molecule has 0 heterocycles. The molecular formula is C22H20N4O5. The summed E-state index contributed by atoms with van der Waals surface area (Å²) in [4.78, 5) is 36.4. The fourth-order valence-corrected chi connectivity index (χ4v) is 2.72. The topological polar surface area (TPSA) is 114 Å². The number of carbonyl (C=O) groups excluding carboxylic acids is 2. The highest BCUT2D eigenvalue weighted by Crippen LogP contribution is 2.18. The van der Waals surface area contributed by atoms with Gasteiger partial charge in [0.1, 0.15) is 5.75 Å². The molecule has 3 aromatic rings. The minimum Gasteiger partial charge on any atom is -0.410 e. The van der Waals surface area contributed by atoms with Crippen molar-refractivity contribution in [1.82, 2.24) is 5.32 Å². The van der Waals surface area contributed by atoms with Crippen molar-refractivity contribution in [1.29, 1.82) is 0 Å². The monoisotopic (exact) mass is 420 g/mol. The normalized spacial score (nSPS) is 10.1. The Kier molecular flexibility index (Phi) is 7.15. The van der Waals surface area contributed by atoms with Gasteiger partial charge in [0.05, 0.1) is 4.92 Å². The summed E-state index contributed by atoms with van der Waals surface area (Å²) in [6.45, 7) is 0.320. The molecule has 0 fully saturated rings. The number of urea groups is 1. The molecule has 0 bridgehead atoms. The second-order valence-corrected chi connectivity index (χ2v) is 6.35. The first-order valence-electron chi connectivity index (χ1n) is 9.41. The van der Waals surface area contributed by atoms with Crippen molar-refractivity contribution >= 4 is 29.2 Å². The van der Waals surface area contributed by atoms with Crippen molar-refractivity contribution in [2.24, 2.45) is 0 Å². The third-order valence-electron chi connectivity index (χ3n) is 4.20. The molecule has 0 saturated carbocycles. The van der Waals surface area contributed by atoms with Crippen LogP contribution in [0.5, 0.6) is 5.75 Å². The lowest BCUT2D eigenvalue weighted by molar-refractivity contribution is -0.384. The molecule has 0 atom stereocenters. The zero-order valence-corrected chi connectivity index (χ0v) is 16.4. The predicted molar refractivity (Wildman–Crippen MR) is 116 cm³/mol. The Morgan fingerprint density at radius 3 is 2.13 bits per heavy atom. The lowest BCUT2D eigenvalue weighted by atomic mass is 10.3. The highest BCUT2D eigenvalue weighted by molar-refractivity contribution is 6.01. The molecule has 2 N–H and O–H groups in total. The van der Waals surface area contributed by atoms with Crippen molar-refractivity contribution in [3.05, 3.63) is 95.0 Å².